The number of carbonyl (C=O) groups is 1. The fraction of sp³-hybridized carbons (Fsp3) is 0.722. The van der Waals surface area contributed by atoms with Crippen molar-refractivity contribution in [1.29, 1.82) is 0 Å². The predicted octanol–water partition coefficient (Wildman–Crippen LogP) is 0.588. The molecule has 0 saturated carbocycles. The molecule has 0 aliphatic carbocycles. The van der Waals surface area contributed by atoms with Crippen LogP contribution in [-0.2, 0) is 4.79 Å². The molecule has 1 amide bonds. The summed E-state index contributed by atoms with van der Waals surface area (Å²) in [5.74, 6) is 1.15. The van der Waals surface area contributed by atoms with E-state index >= 15 is 0 Å². The van der Waals surface area contributed by atoms with E-state index in [1.165, 1.54) is 0 Å². The van der Waals surface area contributed by atoms with E-state index in [-0.39, 0.29) is 11.9 Å². The van der Waals surface area contributed by atoms with Gasteiger partial charge in [0, 0.05) is 51.5 Å². The Labute approximate surface area is 150 Å². The van der Waals surface area contributed by atoms with Gasteiger partial charge in [0.05, 0.1) is 6.04 Å². The molecule has 25 heavy (non-hydrogen) atoms. The van der Waals surface area contributed by atoms with Crippen molar-refractivity contribution in [3.63, 3.8) is 0 Å². The third kappa shape index (κ3) is 4.46. The summed E-state index contributed by atoms with van der Waals surface area (Å²) >= 11 is 0. The van der Waals surface area contributed by atoms with Gasteiger partial charge >= 0.3 is 0 Å². The largest absolute Gasteiger partial charge is 0.351 e. The molecule has 2 aliphatic rings. The number of likely N-dealkylation sites (N-methyl/N-ethyl adjacent to an activating group) is 1. The van der Waals surface area contributed by atoms with Crippen molar-refractivity contribution >= 4 is 11.7 Å². The molecule has 1 aromatic heterocycles. The SMILES string of the molecule is CCN1CCN(C(=O)[C@H](C)NC[C@@H]2CCCN2c2cccnn2)CC1. The van der Waals surface area contributed by atoms with Gasteiger partial charge in [0.15, 0.2) is 5.82 Å². The Morgan fingerprint density at radius 3 is 2.80 bits per heavy atom. The molecule has 7 nitrogen and oxygen atoms in total. The maximum absolute atomic E-state index is 12.7. The summed E-state index contributed by atoms with van der Waals surface area (Å²) in [5, 5.41) is 11.7. The highest BCUT2D eigenvalue weighted by molar-refractivity contribution is 5.81. The Kier molecular flexibility index (Phi) is 6.20. The molecule has 0 radical (unpaired) electrons. The second-order valence-electron chi connectivity index (χ2n) is 6.96. The van der Waals surface area contributed by atoms with Gasteiger partial charge in [0.25, 0.3) is 0 Å². The summed E-state index contributed by atoms with van der Waals surface area (Å²) in [4.78, 5) is 19.3. The Balaban J connectivity index is 1.48. The second-order valence-corrected chi connectivity index (χ2v) is 6.96. The second kappa shape index (κ2) is 8.58. The first-order valence-electron chi connectivity index (χ1n) is 9.48. The van der Waals surface area contributed by atoms with Crippen LogP contribution in [-0.4, -0.2) is 83.8 Å². The lowest BCUT2D eigenvalue weighted by Crippen LogP contribution is -2.54. The highest BCUT2D eigenvalue weighted by Crippen LogP contribution is 2.22. The van der Waals surface area contributed by atoms with Crippen LogP contribution in [0.2, 0.25) is 0 Å². The third-order valence-electron chi connectivity index (χ3n) is 5.39. The number of piperazine rings is 1. The molecule has 2 aliphatic heterocycles. The molecule has 0 bridgehead atoms. The Morgan fingerprint density at radius 2 is 2.12 bits per heavy atom. The van der Waals surface area contributed by atoms with Crippen LogP contribution in [0.3, 0.4) is 0 Å². The highest BCUT2D eigenvalue weighted by Gasteiger charge is 2.28. The zero-order chi connectivity index (χ0) is 17.6. The van der Waals surface area contributed by atoms with Crippen LogP contribution in [0.4, 0.5) is 5.82 Å². The van der Waals surface area contributed by atoms with E-state index in [2.05, 4.69) is 32.2 Å². The smallest absolute Gasteiger partial charge is 0.239 e. The molecule has 2 saturated heterocycles. The molecule has 0 spiro atoms. The molecule has 3 heterocycles. The van der Waals surface area contributed by atoms with Crippen molar-refractivity contribution in [2.24, 2.45) is 0 Å². The maximum Gasteiger partial charge on any atom is 0.239 e. The van der Waals surface area contributed by atoms with E-state index in [0.29, 0.717) is 6.04 Å². The number of hydrogen-bond donors (Lipinski definition) is 1. The number of hydrogen-bond acceptors (Lipinski definition) is 6. The van der Waals surface area contributed by atoms with Gasteiger partial charge in [-0.25, -0.2) is 0 Å². The molecule has 138 valence electrons. The normalized spacial score (nSPS) is 23.0. The minimum absolute atomic E-state index is 0.141. The lowest BCUT2D eigenvalue weighted by atomic mass is 10.2. The van der Waals surface area contributed by atoms with Gasteiger partial charge in [-0.1, -0.05) is 6.92 Å². The average Bonchev–Trinajstić information content (AvgIpc) is 3.15. The Hall–Kier alpha value is -1.73. The lowest BCUT2D eigenvalue weighted by Gasteiger charge is -2.36. The van der Waals surface area contributed by atoms with Gasteiger partial charge in [-0.15, -0.1) is 5.10 Å². The Bertz CT molecular complexity index is 546. The molecular weight excluding hydrogens is 316 g/mol. The molecule has 1 aromatic rings. The summed E-state index contributed by atoms with van der Waals surface area (Å²) in [5.41, 5.74) is 0. The monoisotopic (exact) mass is 346 g/mol. The number of aromatic nitrogens is 2. The van der Waals surface area contributed by atoms with Crippen molar-refractivity contribution in [3.05, 3.63) is 18.3 Å². The van der Waals surface area contributed by atoms with Crippen molar-refractivity contribution in [1.82, 2.24) is 25.3 Å². The third-order valence-corrected chi connectivity index (χ3v) is 5.39. The molecule has 0 unspecified atom stereocenters. The fourth-order valence-electron chi connectivity index (χ4n) is 3.75. The van der Waals surface area contributed by atoms with Gasteiger partial charge < -0.3 is 20.0 Å². The standard InChI is InChI=1S/C18H30N6O/c1-3-22-10-12-23(13-11-22)18(25)15(2)19-14-16-6-5-9-24(16)17-7-4-8-20-21-17/h4,7-8,15-16,19H,3,5-6,9-14H2,1-2H3/t15-,16-/m0/s1. The van der Waals surface area contributed by atoms with Crippen LogP contribution in [0.1, 0.15) is 26.7 Å². The molecule has 2 fully saturated rings. The topological polar surface area (TPSA) is 64.6 Å². The van der Waals surface area contributed by atoms with Crippen LogP contribution in [0.25, 0.3) is 0 Å². The van der Waals surface area contributed by atoms with E-state index in [1.807, 2.05) is 24.0 Å². The molecule has 3 rings (SSSR count). The summed E-state index contributed by atoms with van der Waals surface area (Å²) < 4.78 is 0. The predicted molar refractivity (Wildman–Crippen MR) is 98.6 cm³/mol. The maximum atomic E-state index is 12.7. The number of nitrogens with one attached hydrogen (secondary N) is 1. The van der Waals surface area contributed by atoms with E-state index in [1.54, 1.807) is 6.20 Å². The molecular formula is C18H30N6O. The van der Waals surface area contributed by atoms with Crippen molar-refractivity contribution in [2.75, 3.05) is 50.7 Å². The first-order chi connectivity index (χ1) is 12.2. The first-order valence-corrected chi connectivity index (χ1v) is 9.48. The molecule has 7 heteroatoms. The van der Waals surface area contributed by atoms with Gasteiger partial charge in [-0.05, 0) is 38.4 Å². The van der Waals surface area contributed by atoms with Crippen LogP contribution in [0.15, 0.2) is 18.3 Å². The van der Waals surface area contributed by atoms with Gasteiger partial charge in [0.2, 0.25) is 5.91 Å². The van der Waals surface area contributed by atoms with Crippen molar-refractivity contribution < 1.29 is 4.79 Å². The minimum Gasteiger partial charge on any atom is -0.351 e. The highest BCUT2D eigenvalue weighted by atomic mass is 16.2. The molecule has 0 aromatic carbocycles. The minimum atomic E-state index is -0.141. The number of amides is 1. The van der Waals surface area contributed by atoms with Gasteiger partial charge in [-0.2, -0.15) is 5.10 Å². The Morgan fingerprint density at radius 1 is 1.32 bits per heavy atom. The van der Waals surface area contributed by atoms with E-state index in [0.717, 1.165) is 64.5 Å². The van der Waals surface area contributed by atoms with Crippen LogP contribution in [0.5, 0.6) is 0 Å². The fourth-order valence-corrected chi connectivity index (χ4v) is 3.75. The first kappa shape index (κ1) is 18.1. The summed E-state index contributed by atoms with van der Waals surface area (Å²) in [6.45, 7) is 10.7. The van der Waals surface area contributed by atoms with Crippen molar-refractivity contribution in [3.8, 4) is 0 Å². The van der Waals surface area contributed by atoms with E-state index in [4.69, 9.17) is 0 Å². The quantitative estimate of drug-likeness (QED) is 0.813. The number of nitrogens with zero attached hydrogens (tertiary/aromatic N) is 5. The molecule has 1 N–H and O–H groups in total. The van der Waals surface area contributed by atoms with Crippen molar-refractivity contribution in [2.45, 2.75) is 38.8 Å². The summed E-state index contributed by atoms with van der Waals surface area (Å²) in [6.07, 6.45) is 3.98. The zero-order valence-electron chi connectivity index (χ0n) is 15.4. The van der Waals surface area contributed by atoms with Crippen LogP contribution in [0, 0.1) is 0 Å². The number of rotatable bonds is 6. The summed E-state index contributed by atoms with van der Waals surface area (Å²) in [6, 6.07) is 4.17. The van der Waals surface area contributed by atoms with Gasteiger partial charge in [-0.3, -0.25) is 4.79 Å². The lowest BCUT2D eigenvalue weighted by molar-refractivity contribution is -0.134. The number of carbonyl (C=O) groups excluding carboxylic acids is 1. The molecule has 2 atom stereocenters. The number of anilines is 1. The zero-order valence-corrected chi connectivity index (χ0v) is 15.4. The van der Waals surface area contributed by atoms with E-state index < -0.39 is 0 Å². The average molecular weight is 346 g/mol. The summed E-state index contributed by atoms with van der Waals surface area (Å²) in [7, 11) is 0. The van der Waals surface area contributed by atoms with Crippen LogP contribution < -0.4 is 10.2 Å². The van der Waals surface area contributed by atoms with E-state index in [9.17, 15) is 4.79 Å². The van der Waals surface area contributed by atoms with Gasteiger partial charge in [0.1, 0.15) is 0 Å². The van der Waals surface area contributed by atoms with Crippen LogP contribution >= 0.6 is 0 Å².